The highest BCUT2D eigenvalue weighted by molar-refractivity contribution is 6.74. The van der Waals surface area contributed by atoms with Crippen molar-refractivity contribution in [1.82, 2.24) is 9.80 Å². The van der Waals surface area contributed by atoms with Crippen molar-refractivity contribution in [3.63, 3.8) is 0 Å². The van der Waals surface area contributed by atoms with Crippen LogP contribution in [0.3, 0.4) is 0 Å². The van der Waals surface area contributed by atoms with Gasteiger partial charge >= 0.3 is 36.1 Å². The Morgan fingerprint density at radius 3 is 1.47 bits per heavy atom. The molecule has 10 rings (SSSR count). The molecule has 0 spiro atoms. The van der Waals surface area contributed by atoms with Crippen molar-refractivity contribution in [3.8, 4) is 58.3 Å². The summed E-state index contributed by atoms with van der Waals surface area (Å²) in [5, 5.41) is -0.407. The van der Waals surface area contributed by atoms with Crippen LogP contribution in [0.25, 0.3) is 11.1 Å². The number of methoxy groups -OCH3 is 4. The number of anilines is 2. The Morgan fingerprint density at radius 2 is 0.978 bits per heavy atom. The lowest BCUT2D eigenvalue weighted by Gasteiger charge is -2.44. The normalized spacial score (nSPS) is 19.3. The van der Waals surface area contributed by atoms with Crippen LogP contribution in [0, 0.1) is 18.3 Å². The number of carbonyl (C=O) groups is 8. The van der Waals surface area contributed by atoms with Crippen molar-refractivity contribution in [2.24, 2.45) is 5.92 Å². The van der Waals surface area contributed by atoms with Gasteiger partial charge in [-0.3, -0.25) is 28.9 Å². The topological polar surface area (TPSA) is 343 Å². The van der Waals surface area contributed by atoms with Gasteiger partial charge in [0.05, 0.1) is 94.8 Å². The molecule has 0 aromatic heterocycles. The Kier molecular flexibility index (Phi) is 40.5. The molecule has 9 atom stereocenters. The molecule has 1 fully saturated rings. The third kappa shape index (κ3) is 30.3. The van der Waals surface area contributed by atoms with E-state index >= 15 is 9.59 Å². The molecule has 0 aliphatic carbocycles. The molecule has 1 saturated heterocycles. The summed E-state index contributed by atoms with van der Waals surface area (Å²) < 4.78 is 119. The number of nitrogens with zero attached hydrogens (tertiary/aromatic N) is 4. The van der Waals surface area contributed by atoms with E-state index in [1.807, 2.05) is 61.6 Å². The van der Waals surface area contributed by atoms with Gasteiger partial charge in [-0.25, -0.2) is 19.3 Å². The van der Waals surface area contributed by atoms with Gasteiger partial charge in [-0.2, -0.15) is 0 Å². The van der Waals surface area contributed by atoms with E-state index in [-0.39, 0.29) is 109 Å². The van der Waals surface area contributed by atoms with Gasteiger partial charge < -0.3 is 109 Å². The van der Waals surface area contributed by atoms with Crippen molar-refractivity contribution in [1.29, 1.82) is 0 Å². The zero-order valence-electron chi connectivity index (χ0n) is 77.9. The number of amides is 4. The number of terminal acetylenes is 1. The molecule has 0 bridgehead atoms. The lowest BCUT2D eigenvalue weighted by molar-refractivity contribution is -0.261. The first-order valence-electron chi connectivity index (χ1n) is 44.2. The molecule has 0 N–H and O–H groups in total. The molecular formula is C95H118Cl6N4O29Si. The Hall–Kier alpha value is -9.42. The lowest BCUT2D eigenvalue weighted by atomic mass is 9.91. The van der Waals surface area contributed by atoms with Crippen molar-refractivity contribution >= 4 is 148 Å². The van der Waals surface area contributed by atoms with Gasteiger partial charge in [0.1, 0.15) is 56.0 Å². The first kappa shape index (κ1) is 108. The zero-order chi connectivity index (χ0) is 97.9. The number of halogens is 6. The SMILES string of the molecule is C#CCOc1cc(O[C@@H]2O[C@H](C(=O)OC)[C@@H](OC(C)=O)[C@H](OC(C)=O)[C@H]2C)ccc1COC(=O)CCCOCCCOCCCOCCCOCCCOCCOc1ccc(C2=CN3C(=O)c4cc(OC)c(OCCCOc5cc6c(cc5OC)C(=O)N5C=C(c7ccc(OC)cc7)CC5[C@@H](C)N6C(=O)OCC(Cl)(Cl)Cl)cc4N(C(=O)OCC(Cl)(Cl)Cl)[C@H](O[Si](C)(C)C(C)(C)C)C3C2)cc1. The fourth-order valence-electron chi connectivity index (χ4n) is 15.1. The molecule has 5 aliphatic heterocycles. The maximum absolute atomic E-state index is 15.4. The molecule has 5 aliphatic rings. The summed E-state index contributed by atoms with van der Waals surface area (Å²) in [6.45, 7) is 19.6. The smallest absolute Gasteiger partial charge is 0.416 e. The Bertz CT molecular complexity index is 4970. The van der Waals surface area contributed by atoms with Crippen LogP contribution in [0.4, 0.5) is 21.0 Å². The molecule has 5 aromatic carbocycles. The lowest BCUT2D eigenvalue weighted by Crippen LogP contribution is -2.60. The van der Waals surface area contributed by atoms with Crippen LogP contribution in [0.1, 0.15) is 144 Å². The number of benzene rings is 5. The molecule has 738 valence electrons. The highest BCUT2D eigenvalue weighted by Gasteiger charge is 2.55. The number of rotatable bonds is 48. The Morgan fingerprint density at radius 1 is 0.511 bits per heavy atom. The molecule has 2 unspecified atom stereocenters. The number of hydrogen-bond donors (Lipinski definition) is 0. The minimum absolute atomic E-state index is 0.00153. The van der Waals surface area contributed by atoms with E-state index in [1.165, 1.54) is 61.3 Å². The van der Waals surface area contributed by atoms with E-state index in [0.717, 1.165) is 49.1 Å². The standard InChI is InChI=1S/C95H118Cl6N4O29Si/c1-15-33-124-77-49-70(132-90-59(2)83(130-61(4)106)84(131-62(5)107)85(133-90)89(111)117-12)32-27-65(77)56-127-82(108)22-16-34-118-35-17-36-119-37-18-38-120-39-19-40-121-41-20-42-122-45-46-123-69-30-25-64(26-31-69)67-48-76-88(134-135(13,14)93(6,7)8)105(92(113)129-58-95(99,100)101)75-53-81(79(116-11)51-72(75)87(110)103(76)55-67)126-44-21-43-125-80-52-74-71(50-78(80)115-10)86(109)102-54-66(63-23-28-68(114-9)29-24-63)47-73(102)60(3)104(74)91(112)128-57-94(96,97)98/h1,23-32,49-55,59-60,73,76,83-85,88,90H,16-22,33-48,56-58H2,2-14H3/t59-,60-,73?,76?,83-,84+,85+,88-,90-/m1/s1. The molecule has 0 radical (unpaired) electrons. The van der Waals surface area contributed by atoms with Crippen LogP contribution >= 0.6 is 69.6 Å². The van der Waals surface area contributed by atoms with Crippen LogP contribution in [-0.4, -0.2) is 257 Å². The molecule has 40 heteroatoms. The molecule has 33 nitrogen and oxygen atoms in total. The van der Waals surface area contributed by atoms with E-state index in [1.54, 1.807) is 55.3 Å². The van der Waals surface area contributed by atoms with Gasteiger partial charge in [0.25, 0.3) is 11.8 Å². The highest BCUT2D eigenvalue weighted by atomic mass is 35.6. The molecule has 5 heterocycles. The third-order valence-electron chi connectivity index (χ3n) is 22.9. The zero-order valence-corrected chi connectivity index (χ0v) is 83.4. The number of fused-ring (bicyclic) bond motifs is 4. The largest absolute Gasteiger partial charge is 0.497 e. The van der Waals surface area contributed by atoms with Crippen molar-refractivity contribution in [2.75, 3.05) is 144 Å². The van der Waals surface area contributed by atoms with Gasteiger partial charge in [0.15, 0.2) is 55.9 Å². The summed E-state index contributed by atoms with van der Waals surface area (Å²) >= 11 is 36.9. The minimum Gasteiger partial charge on any atom is -0.497 e. The van der Waals surface area contributed by atoms with E-state index < -0.39 is 137 Å². The van der Waals surface area contributed by atoms with Gasteiger partial charge in [0, 0.05) is 122 Å². The second-order valence-electron chi connectivity index (χ2n) is 33.6. The van der Waals surface area contributed by atoms with Crippen LogP contribution < -0.4 is 47.7 Å². The first-order chi connectivity index (χ1) is 64.4. The fraction of sp³-hybridized carbons (Fsp3) is 0.537. The predicted molar refractivity (Wildman–Crippen MR) is 505 cm³/mol. The van der Waals surface area contributed by atoms with Crippen LogP contribution in [0.2, 0.25) is 18.1 Å². The monoisotopic (exact) mass is 2020 g/mol. The third-order valence-corrected chi connectivity index (χ3v) is 28.0. The van der Waals surface area contributed by atoms with Crippen LogP contribution in [0.5, 0.6) is 46.0 Å². The Labute approximate surface area is 817 Å². The number of hydrogen-bond acceptors (Lipinski definition) is 29. The first-order valence-corrected chi connectivity index (χ1v) is 49.4. The number of alkyl halides is 6. The van der Waals surface area contributed by atoms with Crippen molar-refractivity contribution in [2.45, 2.75) is 188 Å². The molecule has 5 aromatic rings. The molecule has 135 heavy (non-hydrogen) atoms. The second kappa shape index (κ2) is 50.8. The molecule has 0 saturated carbocycles. The van der Waals surface area contributed by atoms with Gasteiger partial charge in [-0.05, 0) is 141 Å². The Balaban J connectivity index is 0.635. The summed E-state index contributed by atoms with van der Waals surface area (Å²) in [5.41, 5.74) is 4.17. The van der Waals surface area contributed by atoms with Gasteiger partial charge in [-0.1, -0.05) is 127 Å². The van der Waals surface area contributed by atoms with Crippen molar-refractivity contribution in [3.05, 3.63) is 131 Å². The second-order valence-corrected chi connectivity index (χ2v) is 43.4. The minimum atomic E-state index is -2.89. The highest BCUT2D eigenvalue weighted by Crippen LogP contribution is 2.50. The number of ether oxygens (including phenoxy) is 20. The predicted octanol–water partition coefficient (Wildman–Crippen LogP) is 16.8. The average Bonchev–Trinajstić information content (AvgIpc) is 1.60. The summed E-state index contributed by atoms with van der Waals surface area (Å²) in [7, 11) is 2.67. The van der Waals surface area contributed by atoms with E-state index in [4.69, 9.17) is 175 Å². The quantitative estimate of drug-likeness (QED) is 0.00871. The fourth-order valence-corrected chi connectivity index (χ4v) is 16.7. The van der Waals surface area contributed by atoms with Crippen LogP contribution in [-0.2, 0) is 87.1 Å². The number of carbonyl (C=O) groups excluding carboxylic acids is 8. The van der Waals surface area contributed by atoms with Gasteiger partial charge in [-0.15, -0.1) is 6.42 Å². The summed E-state index contributed by atoms with van der Waals surface area (Å²) in [5.74, 6) is 0.424. The summed E-state index contributed by atoms with van der Waals surface area (Å²) in [6, 6.07) is 23.6. The van der Waals surface area contributed by atoms with Crippen molar-refractivity contribution < 1.29 is 138 Å². The summed E-state index contributed by atoms with van der Waals surface area (Å²) in [6.07, 6.45) is 5.09. The maximum Gasteiger partial charge on any atom is 0.416 e. The van der Waals surface area contributed by atoms with Gasteiger partial charge in [0.2, 0.25) is 13.9 Å². The summed E-state index contributed by atoms with van der Waals surface area (Å²) in [4.78, 5) is 115. The molecule has 4 amide bonds. The van der Waals surface area contributed by atoms with E-state index in [9.17, 15) is 28.8 Å². The van der Waals surface area contributed by atoms with Crippen LogP contribution in [0.15, 0.2) is 103 Å². The van der Waals surface area contributed by atoms with E-state index in [2.05, 4.69) is 26.7 Å². The molecular weight excluding hydrogens is 1900 g/mol. The maximum atomic E-state index is 15.4. The van der Waals surface area contributed by atoms with E-state index in [0.29, 0.717) is 109 Å². The number of esters is 4. The average molecular weight is 2020 g/mol.